The molecule has 2 aromatic carbocycles. The first-order valence-electron chi connectivity index (χ1n) is 9.26. The van der Waals surface area contributed by atoms with Crippen LogP contribution in [0.3, 0.4) is 0 Å². The standard InChI is InChI=1S/C21H20N4O5/c1-15(21(27)23-17-8-10-19(11-9-17)25(28)29)30-20(26)12-7-16-13-22-24(14-16)18-5-3-2-4-6-18/h2-6,8-11,13-15H,7,12H2,1H3,(H,23,27). The molecule has 1 amide bonds. The van der Waals surface area contributed by atoms with Gasteiger partial charge in [-0.2, -0.15) is 5.10 Å². The second-order valence-corrected chi connectivity index (χ2v) is 6.55. The third-order valence-electron chi connectivity index (χ3n) is 4.30. The van der Waals surface area contributed by atoms with Crippen molar-refractivity contribution in [2.75, 3.05) is 5.32 Å². The van der Waals surface area contributed by atoms with Crippen LogP contribution in [0.1, 0.15) is 18.9 Å². The predicted molar refractivity (Wildman–Crippen MR) is 109 cm³/mol. The molecule has 1 heterocycles. The van der Waals surface area contributed by atoms with Crippen LogP contribution in [0.15, 0.2) is 67.0 Å². The number of nitrogens with zero attached hydrogens (tertiary/aromatic N) is 3. The number of nitro groups is 1. The molecule has 1 atom stereocenters. The maximum atomic E-state index is 12.2. The molecule has 0 aliphatic heterocycles. The molecule has 1 N–H and O–H groups in total. The summed E-state index contributed by atoms with van der Waals surface area (Å²) in [5, 5.41) is 17.5. The van der Waals surface area contributed by atoms with Crippen molar-refractivity contribution in [2.45, 2.75) is 25.9 Å². The number of aromatic nitrogens is 2. The topological polar surface area (TPSA) is 116 Å². The lowest BCUT2D eigenvalue weighted by Gasteiger charge is -2.13. The first-order valence-corrected chi connectivity index (χ1v) is 9.26. The number of hydrogen-bond acceptors (Lipinski definition) is 6. The monoisotopic (exact) mass is 408 g/mol. The molecule has 30 heavy (non-hydrogen) atoms. The Balaban J connectivity index is 1.46. The first kappa shape index (κ1) is 20.7. The van der Waals surface area contributed by atoms with E-state index in [-0.39, 0.29) is 12.1 Å². The number of amides is 1. The molecule has 0 fully saturated rings. The number of ether oxygens (including phenoxy) is 1. The molecule has 0 saturated heterocycles. The Kier molecular flexibility index (Phi) is 6.53. The van der Waals surface area contributed by atoms with Crippen LogP contribution in [0.4, 0.5) is 11.4 Å². The first-order chi connectivity index (χ1) is 14.4. The SMILES string of the molecule is CC(OC(=O)CCc1cnn(-c2ccccc2)c1)C(=O)Nc1ccc([N+](=O)[O-])cc1. The summed E-state index contributed by atoms with van der Waals surface area (Å²) in [4.78, 5) is 34.4. The number of non-ortho nitro benzene ring substituents is 1. The van der Waals surface area contributed by atoms with Crippen LogP contribution >= 0.6 is 0 Å². The van der Waals surface area contributed by atoms with Gasteiger partial charge in [0.05, 0.1) is 16.8 Å². The fourth-order valence-corrected chi connectivity index (χ4v) is 2.68. The van der Waals surface area contributed by atoms with Gasteiger partial charge in [-0.3, -0.25) is 19.7 Å². The third-order valence-corrected chi connectivity index (χ3v) is 4.30. The van der Waals surface area contributed by atoms with Gasteiger partial charge in [0.1, 0.15) is 0 Å². The average Bonchev–Trinajstić information content (AvgIpc) is 3.22. The van der Waals surface area contributed by atoms with E-state index in [0.717, 1.165) is 11.3 Å². The summed E-state index contributed by atoms with van der Waals surface area (Å²) >= 11 is 0. The summed E-state index contributed by atoms with van der Waals surface area (Å²) in [6, 6.07) is 15.0. The Bertz CT molecular complexity index is 1030. The fraction of sp³-hybridized carbons (Fsp3) is 0.190. The molecule has 1 unspecified atom stereocenters. The van der Waals surface area contributed by atoms with Crippen molar-refractivity contribution >= 4 is 23.3 Å². The summed E-state index contributed by atoms with van der Waals surface area (Å²) in [5.41, 5.74) is 2.09. The van der Waals surface area contributed by atoms with E-state index in [1.807, 2.05) is 36.5 Å². The summed E-state index contributed by atoms with van der Waals surface area (Å²) in [6.45, 7) is 1.46. The Morgan fingerprint density at radius 1 is 1.17 bits per heavy atom. The van der Waals surface area contributed by atoms with Crippen LogP contribution in [0, 0.1) is 10.1 Å². The Morgan fingerprint density at radius 3 is 2.53 bits per heavy atom. The minimum Gasteiger partial charge on any atom is -0.453 e. The van der Waals surface area contributed by atoms with Gasteiger partial charge in [0.15, 0.2) is 6.10 Å². The van der Waals surface area contributed by atoms with Gasteiger partial charge < -0.3 is 10.1 Å². The predicted octanol–water partition coefficient (Wildman–Crippen LogP) is 3.28. The van der Waals surface area contributed by atoms with E-state index in [2.05, 4.69) is 10.4 Å². The van der Waals surface area contributed by atoms with Crippen molar-refractivity contribution < 1.29 is 19.2 Å². The lowest BCUT2D eigenvalue weighted by atomic mass is 10.2. The van der Waals surface area contributed by atoms with Crippen molar-refractivity contribution in [2.24, 2.45) is 0 Å². The Hall–Kier alpha value is -4.01. The van der Waals surface area contributed by atoms with Crippen molar-refractivity contribution in [1.29, 1.82) is 0 Å². The van der Waals surface area contributed by atoms with Crippen LogP contribution in [0.2, 0.25) is 0 Å². The van der Waals surface area contributed by atoms with E-state index in [9.17, 15) is 19.7 Å². The zero-order valence-corrected chi connectivity index (χ0v) is 16.2. The molecule has 0 bridgehead atoms. The van der Waals surface area contributed by atoms with E-state index in [1.165, 1.54) is 31.2 Å². The van der Waals surface area contributed by atoms with Gasteiger partial charge >= 0.3 is 5.97 Å². The number of anilines is 1. The van der Waals surface area contributed by atoms with Gasteiger partial charge in [-0.1, -0.05) is 18.2 Å². The van der Waals surface area contributed by atoms with Gasteiger partial charge in [-0.25, -0.2) is 4.68 Å². The van der Waals surface area contributed by atoms with Gasteiger partial charge in [-0.05, 0) is 43.2 Å². The number of carbonyl (C=O) groups is 2. The Morgan fingerprint density at radius 2 is 1.87 bits per heavy atom. The molecular formula is C21H20N4O5. The van der Waals surface area contributed by atoms with Crippen molar-refractivity contribution in [3.63, 3.8) is 0 Å². The summed E-state index contributed by atoms with van der Waals surface area (Å²) in [6.07, 6.45) is 3.07. The zero-order valence-electron chi connectivity index (χ0n) is 16.2. The molecule has 0 spiro atoms. The molecule has 0 aliphatic carbocycles. The number of benzene rings is 2. The normalized spacial score (nSPS) is 11.5. The number of para-hydroxylation sites is 1. The molecule has 9 heteroatoms. The molecule has 154 valence electrons. The number of rotatable bonds is 8. The summed E-state index contributed by atoms with van der Waals surface area (Å²) in [7, 11) is 0. The largest absolute Gasteiger partial charge is 0.453 e. The Labute approximate surface area is 172 Å². The van der Waals surface area contributed by atoms with Crippen LogP contribution in [-0.4, -0.2) is 32.7 Å². The highest BCUT2D eigenvalue weighted by Gasteiger charge is 2.18. The highest BCUT2D eigenvalue weighted by molar-refractivity contribution is 5.95. The van der Waals surface area contributed by atoms with Crippen molar-refractivity contribution in [3.05, 3.63) is 82.7 Å². The maximum Gasteiger partial charge on any atom is 0.306 e. The number of nitrogens with one attached hydrogen (secondary N) is 1. The third kappa shape index (κ3) is 5.51. The van der Waals surface area contributed by atoms with Crippen LogP contribution < -0.4 is 5.32 Å². The number of esters is 1. The van der Waals surface area contributed by atoms with E-state index in [4.69, 9.17) is 4.74 Å². The molecular weight excluding hydrogens is 388 g/mol. The molecule has 1 aromatic heterocycles. The second kappa shape index (κ2) is 9.46. The molecule has 9 nitrogen and oxygen atoms in total. The minimum absolute atomic E-state index is 0.0805. The molecule has 3 aromatic rings. The van der Waals surface area contributed by atoms with Gasteiger partial charge in [0.2, 0.25) is 0 Å². The second-order valence-electron chi connectivity index (χ2n) is 6.55. The molecule has 0 radical (unpaired) electrons. The quantitative estimate of drug-likeness (QED) is 0.347. The van der Waals surface area contributed by atoms with E-state index < -0.39 is 22.9 Å². The average molecular weight is 408 g/mol. The van der Waals surface area contributed by atoms with E-state index in [0.29, 0.717) is 12.1 Å². The number of hydrogen-bond donors (Lipinski definition) is 1. The molecule has 0 aliphatic rings. The number of aryl methyl sites for hydroxylation is 1. The van der Waals surface area contributed by atoms with Crippen LogP contribution in [-0.2, 0) is 20.7 Å². The zero-order chi connectivity index (χ0) is 21.5. The highest BCUT2D eigenvalue weighted by Crippen LogP contribution is 2.16. The van der Waals surface area contributed by atoms with Crippen molar-refractivity contribution in [3.8, 4) is 5.69 Å². The lowest BCUT2D eigenvalue weighted by Crippen LogP contribution is -2.30. The van der Waals surface area contributed by atoms with Crippen molar-refractivity contribution in [1.82, 2.24) is 9.78 Å². The number of nitro benzene ring substituents is 1. The van der Waals surface area contributed by atoms with Crippen LogP contribution in [0.25, 0.3) is 5.69 Å². The fourth-order valence-electron chi connectivity index (χ4n) is 2.68. The van der Waals surface area contributed by atoms with Gasteiger partial charge in [0.25, 0.3) is 11.6 Å². The van der Waals surface area contributed by atoms with Crippen LogP contribution in [0.5, 0.6) is 0 Å². The lowest BCUT2D eigenvalue weighted by molar-refractivity contribution is -0.384. The van der Waals surface area contributed by atoms with E-state index in [1.54, 1.807) is 10.9 Å². The van der Waals surface area contributed by atoms with Gasteiger partial charge in [-0.15, -0.1) is 0 Å². The smallest absolute Gasteiger partial charge is 0.306 e. The molecule has 3 rings (SSSR count). The van der Waals surface area contributed by atoms with E-state index >= 15 is 0 Å². The number of carbonyl (C=O) groups excluding carboxylic acids is 2. The summed E-state index contributed by atoms with van der Waals surface area (Å²) < 4.78 is 6.90. The highest BCUT2D eigenvalue weighted by atomic mass is 16.6. The maximum absolute atomic E-state index is 12.2. The van der Waals surface area contributed by atoms with Gasteiger partial charge in [0, 0.05) is 30.4 Å². The minimum atomic E-state index is -1.00. The molecule has 0 saturated carbocycles. The summed E-state index contributed by atoms with van der Waals surface area (Å²) in [5.74, 6) is -1.03.